The number of ether oxygens (including phenoxy) is 3. The molecule has 0 radical (unpaired) electrons. The van der Waals surface area contributed by atoms with Gasteiger partial charge < -0.3 is 19.2 Å². The van der Waals surface area contributed by atoms with E-state index < -0.39 is 30.5 Å². The van der Waals surface area contributed by atoms with Crippen molar-refractivity contribution in [3.8, 4) is 0 Å². The number of H-pyrrole nitrogens is 1. The molecule has 130 valence electrons. The van der Waals surface area contributed by atoms with Gasteiger partial charge in [0.2, 0.25) is 0 Å². The van der Waals surface area contributed by atoms with Crippen molar-refractivity contribution >= 4 is 23.9 Å². The second-order valence-electron chi connectivity index (χ2n) is 5.08. The molecule has 2 heterocycles. The monoisotopic (exact) mass is 338 g/mol. The van der Waals surface area contributed by atoms with Gasteiger partial charge in [0, 0.05) is 5.69 Å². The number of aryl methyl sites for hydroxylation is 1. The second kappa shape index (κ2) is 7.16. The van der Waals surface area contributed by atoms with Gasteiger partial charge in [0.15, 0.2) is 6.61 Å². The molecular formula is C15H18N2O7. The number of hydrogen-bond donors (Lipinski definition) is 1. The quantitative estimate of drug-likeness (QED) is 0.627. The maximum absolute atomic E-state index is 12.2. The Kier molecular flexibility index (Phi) is 5.22. The number of aromatic nitrogens is 1. The van der Waals surface area contributed by atoms with E-state index in [9.17, 15) is 19.2 Å². The number of carbonyl (C=O) groups excluding carboxylic acids is 4. The fourth-order valence-corrected chi connectivity index (χ4v) is 2.36. The highest BCUT2D eigenvalue weighted by molar-refractivity contribution is 6.00. The highest BCUT2D eigenvalue weighted by Gasteiger charge is 2.30. The maximum atomic E-state index is 12.2. The average molecular weight is 338 g/mol. The lowest BCUT2D eigenvalue weighted by molar-refractivity contribution is -0.131. The standard InChI is InChI=1S/C15H18N2O7/c1-4-22-14(20)12-8(2)11(9(3)16-12)13(19)24-7-10(18)17-5-6-23-15(17)21/h16H,4-7H2,1-3H3. The molecule has 1 aromatic heterocycles. The number of nitrogens with zero attached hydrogens (tertiary/aromatic N) is 1. The minimum absolute atomic E-state index is 0.122. The molecule has 1 fully saturated rings. The van der Waals surface area contributed by atoms with Gasteiger partial charge in [0.1, 0.15) is 12.3 Å². The summed E-state index contributed by atoms with van der Waals surface area (Å²) >= 11 is 0. The van der Waals surface area contributed by atoms with Crippen molar-refractivity contribution in [1.82, 2.24) is 9.88 Å². The molecule has 24 heavy (non-hydrogen) atoms. The Balaban J connectivity index is 2.06. The Labute approximate surface area is 137 Å². The Morgan fingerprint density at radius 1 is 1.21 bits per heavy atom. The SMILES string of the molecule is CCOC(=O)c1[nH]c(C)c(C(=O)OCC(=O)N2CCOC2=O)c1C. The van der Waals surface area contributed by atoms with E-state index in [-0.39, 0.29) is 31.0 Å². The van der Waals surface area contributed by atoms with Gasteiger partial charge in [-0.05, 0) is 26.3 Å². The average Bonchev–Trinajstić information content (AvgIpc) is 3.08. The Morgan fingerprint density at radius 2 is 1.92 bits per heavy atom. The second-order valence-corrected chi connectivity index (χ2v) is 5.08. The Hall–Kier alpha value is -2.84. The molecule has 2 rings (SSSR count). The van der Waals surface area contributed by atoms with Crippen LogP contribution in [0.3, 0.4) is 0 Å². The lowest BCUT2D eigenvalue weighted by Gasteiger charge is -2.11. The molecule has 1 aliphatic rings. The Morgan fingerprint density at radius 3 is 2.50 bits per heavy atom. The minimum Gasteiger partial charge on any atom is -0.461 e. The van der Waals surface area contributed by atoms with E-state index in [2.05, 4.69) is 9.72 Å². The molecule has 9 heteroatoms. The molecule has 1 aromatic rings. The van der Waals surface area contributed by atoms with E-state index in [1.165, 1.54) is 0 Å². The molecule has 0 aromatic carbocycles. The molecule has 0 unspecified atom stereocenters. The van der Waals surface area contributed by atoms with Gasteiger partial charge in [0.05, 0.1) is 18.7 Å². The number of amides is 2. The van der Waals surface area contributed by atoms with Gasteiger partial charge in [-0.1, -0.05) is 0 Å². The first-order chi connectivity index (χ1) is 11.4. The van der Waals surface area contributed by atoms with Gasteiger partial charge in [-0.3, -0.25) is 4.79 Å². The van der Waals surface area contributed by atoms with Gasteiger partial charge in [0.25, 0.3) is 5.91 Å². The number of nitrogens with one attached hydrogen (secondary N) is 1. The van der Waals surface area contributed by atoms with Crippen LogP contribution >= 0.6 is 0 Å². The molecule has 1 saturated heterocycles. The first-order valence-electron chi connectivity index (χ1n) is 7.37. The van der Waals surface area contributed by atoms with Crippen LogP contribution in [0.15, 0.2) is 0 Å². The third-order valence-electron chi connectivity index (χ3n) is 3.51. The van der Waals surface area contributed by atoms with E-state index >= 15 is 0 Å². The molecule has 0 bridgehead atoms. The first kappa shape index (κ1) is 17.5. The zero-order chi connectivity index (χ0) is 17.9. The van der Waals surface area contributed by atoms with Crippen LogP contribution in [0.1, 0.15) is 39.0 Å². The van der Waals surface area contributed by atoms with E-state index in [0.717, 1.165) is 4.90 Å². The third kappa shape index (κ3) is 3.39. The van der Waals surface area contributed by atoms with E-state index in [0.29, 0.717) is 11.3 Å². The molecule has 2 amide bonds. The van der Waals surface area contributed by atoms with Crippen molar-refractivity contribution in [3.05, 3.63) is 22.5 Å². The van der Waals surface area contributed by atoms with Crippen molar-refractivity contribution < 1.29 is 33.4 Å². The van der Waals surface area contributed by atoms with Crippen molar-refractivity contribution in [2.45, 2.75) is 20.8 Å². The fraction of sp³-hybridized carbons (Fsp3) is 0.467. The molecule has 0 saturated carbocycles. The summed E-state index contributed by atoms with van der Waals surface area (Å²) in [6.45, 7) is 4.72. The summed E-state index contributed by atoms with van der Waals surface area (Å²) in [7, 11) is 0. The highest BCUT2D eigenvalue weighted by atomic mass is 16.6. The van der Waals surface area contributed by atoms with Gasteiger partial charge in [-0.25, -0.2) is 19.3 Å². The van der Waals surface area contributed by atoms with Crippen molar-refractivity contribution in [3.63, 3.8) is 0 Å². The highest BCUT2D eigenvalue weighted by Crippen LogP contribution is 2.20. The summed E-state index contributed by atoms with van der Waals surface area (Å²) in [6, 6.07) is 0. The van der Waals surface area contributed by atoms with Crippen LogP contribution in [0.2, 0.25) is 0 Å². The summed E-state index contributed by atoms with van der Waals surface area (Å²) in [4.78, 5) is 50.8. The Bertz CT molecular complexity index is 692. The van der Waals surface area contributed by atoms with E-state index in [1.54, 1.807) is 20.8 Å². The normalized spacial score (nSPS) is 13.6. The van der Waals surface area contributed by atoms with E-state index in [4.69, 9.17) is 9.47 Å². The molecule has 1 aliphatic heterocycles. The molecule has 0 spiro atoms. The number of carbonyl (C=O) groups is 4. The van der Waals surface area contributed by atoms with Crippen molar-refractivity contribution in [1.29, 1.82) is 0 Å². The van der Waals surface area contributed by atoms with Gasteiger partial charge in [-0.2, -0.15) is 0 Å². The van der Waals surface area contributed by atoms with E-state index in [1.807, 2.05) is 0 Å². The zero-order valence-electron chi connectivity index (χ0n) is 13.6. The van der Waals surface area contributed by atoms with Crippen LogP contribution in [-0.4, -0.2) is 60.2 Å². The lowest BCUT2D eigenvalue weighted by Crippen LogP contribution is -2.35. The fourth-order valence-electron chi connectivity index (χ4n) is 2.36. The first-order valence-corrected chi connectivity index (χ1v) is 7.37. The number of imide groups is 1. The summed E-state index contributed by atoms with van der Waals surface area (Å²) in [5.74, 6) is -2.01. The van der Waals surface area contributed by atoms with Gasteiger partial charge >= 0.3 is 18.0 Å². The minimum atomic E-state index is -0.766. The van der Waals surface area contributed by atoms with Crippen LogP contribution < -0.4 is 0 Å². The van der Waals surface area contributed by atoms with Crippen LogP contribution in [-0.2, 0) is 19.0 Å². The number of cyclic esters (lactones) is 1. The molecule has 0 aliphatic carbocycles. The van der Waals surface area contributed by atoms with Crippen LogP contribution in [0.4, 0.5) is 4.79 Å². The topological polar surface area (TPSA) is 115 Å². The molecule has 0 atom stereocenters. The van der Waals surface area contributed by atoms with Crippen molar-refractivity contribution in [2.24, 2.45) is 0 Å². The molecule has 9 nitrogen and oxygen atoms in total. The summed E-state index contributed by atoms with van der Waals surface area (Å²) < 4.78 is 14.5. The predicted molar refractivity (Wildman–Crippen MR) is 79.6 cm³/mol. The molecule has 1 N–H and O–H groups in total. The van der Waals surface area contributed by atoms with Crippen LogP contribution in [0, 0.1) is 13.8 Å². The number of hydrogen-bond acceptors (Lipinski definition) is 7. The summed E-state index contributed by atoms with van der Waals surface area (Å²) in [6.07, 6.45) is -0.755. The van der Waals surface area contributed by atoms with Crippen LogP contribution in [0.25, 0.3) is 0 Å². The summed E-state index contributed by atoms with van der Waals surface area (Å²) in [5, 5.41) is 0. The third-order valence-corrected chi connectivity index (χ3v) is 3.51. The smallest absolute Gasteiger partial charge is 0.416 e. The number of aromatic amines is 1. The largest absolute Gasteiger partial charge is 0.461 e. The van der Waals surface area contributed by atoms with Crippen LogP contribution in [0.5, 0.6) is 0 Å². The van der Waals surface area contributed by atoms with Gasteiger partial charge in [-0.15, -0.1) is 0 Å². The lowest BCUT2D eigenvalue weighted by atomic mass is 10.1. The van der Waals surface area contributed by atoms with Crippen molar-refractivity contribution in [2.75, 3.05) is 26.4 Å². The zero-order valence-corrected chi connectivity index (χ0v) is 13.6. The number of rotatable bonds is 5. The summed E-state index contributed by atoms with van der Waals surface area (Å²) in [5.41, 5.74) is 1.13. The maximum Gasteiger partial charge on any atom is 0.416 e. The predicted octanol–water partition coefficient (Wildman–Crippen LogP) is 0.944. The number of esters is 2. The molecular weight excluding hydrogens is 320 g/mol.